The van der Waals surface area contributed by atoms with E-state index in [1.165, 1.54) is 154 Å². The van der Waals surface area contributed by atoms with E-state index in [0.717, 1.165) is 193 Å². The molecule has 2 amide bonds. The Bertz CT molecular complexity index is 2510. The number of hydrogen-bond acceptors (Lipinski definition) is 18. The van der Waals surface area contributed by atoms with E-state index in [9.17, 15) is 67.7 Å². The Kier molecular flexibility index (Phi) is 81.6. The summed E-state index contributed by atoms with van der Waals surface area (Å²) in [5.41, 5.74) is -1.93. The lowest BCUT2D eigenvalue weighted by atomic mass is 9.91. The molecule has 0 aromatic heterocycles. The number of esters is 4. The first-order chi connectivity index (χ1) is 58.5. The summed E-state index contributed by atoms with van der Waals surface area (Å²) in [7, 11) is -10.9. The molecular formula is C95H184N2O22P2. The van der Waals surface area contributed by atoms with E-state index in [4.69, 9.17) is 37.5 Å². The van der Waals surface area contributed by atoms with Crippen molar-refractivity contribution in [2.75, 3.05) is 46.1 Å². The van der Waals surface area contributed by atoms with E-state index in [2.05, 4.69) is 52.2 Å². The van der Waals surface area contributed by atoms with E-state index >= 15 is 0 Å². The lowest BCUT2D eigenvalue weighted by Gasteiger charge is -2.35. The molecule has 0 aromatic rings. The number of phosphoric acid groups is 2. The van der Waals surface area contributed by atoms with Gasteiger partial charge in [0, 0.05) is 25.8 Å². The SMILES string of the molecule is CCCCCCCCCCCCCC(=O)O[C@H](CCCCCCCCCCC)CC(=O)NCC(OCC(CO)(CNC(=O)C[C@@H](CCCCCCCCCCC)OC(=O)CCCCCCCCCCCCC)COP(=O)(O)O)OC(CO)[C@H](COC(=O)C[C@@H](CCCCCCCCCCC)OC(=O)CCCCCCCCCCCCC)OP(=O)(O)O. The molecule has 8 N–H and O–H groups in total. The predicted molar refractivity (Wildman–Crippen MR) is 485 cm³/mol. The van der Waals surface area contributed by atoms with E-state index in [1.807, 2.05) is 0 Å². The van der Waals surface area contributed by atoms with Gasteiger partial charge in [0.05, 0.1) is 57.6 Å². The smallest absolute Gasteiger partial charge is 0.463 e. The van der Waals surface area contributed by atoms with Gasteiger partial charge in [0.2, 0.25) is 11.8 Å². The fourth-order valence-electron chi connectivity index (χ4n) is 15.4. The highest BCUT2D eigenvalue weighted by Gasteiger charge is 2.39. The molecule has 0 aromatic carbocycles. The third-order valence-corrected chi connectivity index (χ3v) is 24.1. The fraction of sp³-hybridized carbons (Fsp3) is 0.937. The number of rotatable bonds is 94. The molecule has 24 nitrogen and oxygen atoms in total. The van der Waals surface area contributed by atoms with Crippen LogP contribution in [0.25, 0.3) is 0 Å². The third kappa shape index (κ3) is 78.8. The van der Waals surface area contributed by atoms with E-state index in [1.54, 1.807) is 0 Å². The van der Waals surface area contributed by atoms with Gasteiger partial charge in [-0.1, -0.05) is 388 Å². The van der Waals surface area contributed by atoms with Gasteiger partial charge in [-0.2, -0.15) is 0 Å². The minimum Gasteiger partial charge on any atom is -0.463 e. The highest BCUT2D eigenvalue weighted by atomic mass is 31.2. The van der Waals surface area contributed by atoms with Gasteiger partial charge in [-0.3, -0.25) is 37.8 Å². The second-order valence-corrected chi connectivity index (χ2v) is 37.5. The molecule has 0 saturated carbocycles. The number of nitrogens with one attached hydrogen (secondary N) is 2. The van der Waals surface area contributed by atoms with E-state index in [0.29, 0.717) is 57.8 Å². The predicted octanol–water partition coefficient (Wildman–Crippen LogP) is 23.8. The van der Waals surface area contributed by atoms with Crippen LogP contribution in [0.2, 0.25) is 0 Å². The van der Waals surface area contributed by atoms with Gasteiger partial charge in [-0.25, -0.2) is 9.13 Å². The Morgan fingerprint density at radius 3 is 0.893 bits per heavy atom. The molecule has 0 saturated heterocycles. The minimum atomic E-state index is -5.53. The number of amides is 2. The molecule has 0 radical (unpaired) electrons. The highest BCUT2D eigenvalue weighted by Crippen LogP contribution is 2.40. The van der Waals surface area contributed by atoms with Gasteiger partial charge >= 0.3 is 39.5 Å². The first-order valence-electron chi connectivity index (χ1n) is 49.7. The summed E-state index contributed by atoms with van der Waals surface area (Å²) in [6.07, 6.45) is 56.9. The topological polar surface area (TPSA) is 356 Å². The van der Waals surface area contributed by atoms with Crippen LogP contribution in [0.1, 0.15) is 485 Å². The molecular weight excluding hydrogens is 1580 g/mol. The van der Waals surface area contributed by atoms with Crippen LogP contribution in [-0.4, -0.2) is 148 Å². The Balaban J connectivity index is 7.33. The average molecular weight is 1770 g/mol. The van der Waals surface area contributed by atoms with Crippen molar-refractivity contribution >= 4 is 51.3 Å². The van der Waals surface area contributed by atoms with Crippen LogP contribution in [0.4, 0.5) is 0 Å². The second-order valence-electron chi connectivity index (χ2n) is 35.1. The summed E-state index contributed by atoms with van der Waals surface area (Å²) in [6, 6.07) is 0. The molecule has 121 heavy (non-hydrogen) atoms. The van der Waals surface area contributed by atoms with Crippen LogP contribution in [0, 0.1) is 5.41 Å². The van der Waals surface area contributed by atoms with Crippen molar-refractivity contribution in [1.82, 2.24) is 10.6 Å². The van der Waals surface area contributed by atoms with E-state index < -0.39 is 146 Å². The number of carbonyl (C=O) groups excluding carboxylic acids is 6. The molecule has 0 aliphatic heterocycles. The third-order valence-electron chi connectivity index (χ3n) is 23.1. The molecule has 0 aliphatic rings. The highest BCUT2D eigenvalue weighted by molar-refractivity contribution is 7.46. The normalized spacial score (nSPS) is 13.9. The lowest BCUT2D eigenvalue weighted by Crippen LogP contribution is -2.50. The molecule has 26 heteroatoms. The van der Waals surface area contributed by atoms with Gasteiger partial charge < -0.3 is 68.8 Å². The fourth-order valence-corrected chi connectivity index (χ4v) is 16.4. The van der Waals surface area contributed by atoms with Gasteiger partial charge in [0.1, 0.15) is 37.1 Å². The summed E-state index contributed by atoms with van der Waals surface area (Å²) in [4.78, 5) is 124. The molecule has 0 rings (SSSR count). The van der Waals surface area contributed by atoms with Crippen molar-refractivity contribution in [3.05, 3.63) is 0 Å². The first kappa shape index (κ1) is 118. The monoisotopic (exact) mass is 1770 g/mol. The summed E-state index contributed by atoms with van der Waals surface area (Å²) >= 11 is 0. The maximum Gasteiger partial charge on any atom is 0.470 e. The Morgan fingerprint density at radius 1 is 0.331 bits per heavy atom. The zero-order valence-electron chi connectivity index (χ0n) is 77.8. The van der Waals surface area contributed by atoms with Crippen LogP contribution in [0.5, 0.6) is 0 Å². The number of aliphatic hydroxyl groups is 2. The summed E-state index contributed by atoms with van der Waals surface area (Å²) in [6.45, 7) is 7.25. The average Bonchev–Trinajstić information content (AvgIpc) is 0.845. The first-order valence-corrected chi connectivity index (χ1v) is 52.8. The molecule has 0 aliphatic carbocycles. The van der Waals surface area contributed by atoms with Gasteiger partial charge in [0.15, 0.2) is 6.29 Å². The van der Waals surface area contributed by atoms with Crippen molar-refractivity contribution < 1.29 is 105 Å². The molecule has 7 atom stereocenters. The van der Waals surface area contributed by atoms with Gasteiger partial charge in [0.25, 0.3) is 0 Å². The van der Waals surface area contributed by atoms with Crippen molar-refractivity contribution in [2.45, 2.75) is 521 Å². The number of ether oxygens (including phenoxy) is 6. The quantitative estimate of drug-likeness (QED) is 0.00922. The Morgan fingerprint density at radius 2 is 0.612 bits per heavy atom. The Labute approximate surface area is 736 Å². The van der Waals surface area contributed by atoms with Crippen LogP contribution in [0.15, 0.2) is 0 Å². The number of carbonyl (C=O) groups is 6. The number of unbranched alkanes of at least 4 members (excludes halogenated alkanes) is 54. The van der Waals surface area contributed by atoms with Crippen molar-refractivity contribution in [3.63, 3.8) is 0 Å². The maximum atomic E-state index is 14.4. The lowest BCUT2D eigenvalue weighted by molar-refractivity contribution is -0.216. The molecule has 716 valence electrons. The maximum absolute atomic E-state index is 14.4. The molecule has 0 heterocycles. The van der Waals surface area contributed by atoms with Gasteiger partial charge in [-0.15, -0.1) is 0 Å². The molecule has 0 spiro atoms. The number of aliphatic hydroxyl groups excluding tert-OH is 2. The van der Waals surface area contributed by atoms with Crippen LogP contribution in [-0.2, 0) is 75.4 Å². The zero-order chi connectivity index (χ0) is 89.2. The summed E-state index contributed by atoms with van der Waals surface area (Å²) in [5, 5.41) is 28.0. The van der Waals surface area contributed by atoms with Crippen LogP contribution < -0.4 is 10.6 Å². The van der Waals surface area contributed by atoms with Crippen LogP contribution >= 0.6 is 15.6 Å². The van der Waals surface area contributed by atoms with Crippen molar-refractivity contribution in [1.29, 1.82) is 0 Å². The standard InChI is InChI=1S/C95H184N2O22P2/c1-7-13-19-25-31-37-40-46-52-58-64-70-90(102)115-83(67-61-55-49-43-34-28-22-16-10-4)73-88(100)96-76-94(118-86(77-98)87(119-121(109,110)111)78-112-93(105)75-85(69-63-57-51-45-36-30-24-18-12-6)117-92(104)72-66-60-54-48-42-39-33-27-21-15-9-3)113-81-95(80-99,82-114-120(106,107)108)79-97-89(101)74-84(68-62-56-50-44-35-29-23-17-11-5)116-91(103)71-65-59-53-47-41-38-32-26-20-14-8-2/h83-87,94,98-99H,7-82H2,1-6H3,(H,96,100)(H,97,101)(H2,106,107,108)(H2,109,110,111)/t83-,84-,85-,86?,87+,94?,95?/m1/s1. The number of phosphoric ester groups is 2. The van der Waals surface area contributed by atoms with Gasteiger partial charge in [-0.05, 0) is 57.8 Å². The molecule has 3 unspecified atom stereocenters. The number of hydrogen-bond donors (Lipinski definition) is 8. The molecule has 0 fully saturated rings. The summed E-state index contributed by atoms with van der Waals surface area (Å²) < 4.78 is 71.9. The Hall–Kier alpha value is -3.12. The van der Waals surface area contributed by atoms with Crippen molar-refractivity contribution in [3.8, 4) is 0 Å². The minimum absolute atomic E-state index is 0.160. The van der Waals surface area contributed by atoms with Crippen molar-refractivity contribution in [2.24, 2.45) is 5.41 Å². The zero-order valence-corrected chi connectivity index (χ0v) is 79.6. The second kappa shape index (κ2) is 83.8. The van der Waals surface area contributed by atoms with E-state index in [-0.39, 0.29) is 32.1 Å². The largest absolute Gasteiger partial charge is 0.470 e. The molecule has 0 bridgehead atoms. The summed E-state index contributed by atoms with van der Waals surface area (Å²) in [5.74, 6) is -3.50. The van der Waals surface area contributed by atoms with Crippen LogP contribution in [0.3, 0.4) is 0 Å².